The van der Waals surface area contributed by atoms with E-state index in [9.17, 15) is 9.59 Å². The summed E-state index contributed by atoms with van der Waals surface area (Å²) in [7, 11) is 3.15. The molecule has 0 amide bonds. The Balaban J connectivity index is 2.09. The van der Waals surface area contributed by atoms with Gasteiger partial charge in [0.2, 0.25) is 0 Å². The number of nitrogens with zero attached hydrogens (tertiary/aromatic N) is 3. The van der Waals surface area contributed by atoms with Gasteiger partial charge in [-0.1, -0.05) is 19.9 Å². The first kappa shape index (κ1) is 21.9. The minimum atomic E-state index is -0.342. The van der Waals surface area contributed by atoms with Crippen molar-refractivity contribution in [3.05, 3.63) is 48.8 Å². The summed E-state index contributed by atoms with van der Waals surface area (Å²) in [6, 6.07) is 3.73. The van der Waals surface area contributed by atoms with E-state index in [-0.39, 0.29) is 11.2 Å². The zero-order valence-electron chi connectivity index (χ0n) is 17.5. The number of hydrogen-bond donors (Lipinski definition) is 1. The number of aromatic amines is 1. The van der Waals surface area contributed by atoms with Crippen molar-refractivity contribution in [3.8, 4) is 11.5 Å². The molecule has 160 valence electrons. The summed E-state index contributed by atoms with van der Waals surface area (Å²) >= 11 is 3.48. The monoisotopic (exact) mass is 476 g/mol. The van der Waals surface area contributed by atoms with Crippen LogP contribution in [0.1, 0.15) is 38.1 Å². The molecule has 8 nitrogen and oxygen atoms in total. The molecule has 1 aromatic carbocycles. The molecule has 0 saturated carbocycles. The van der Waals surface area contributed by atoms with E-state index in [2.05, 4.69) is 25.9 Å². The standard InChI is InChI=1S/C21H25BrN4O4/c1-5-9-25-19-17(20(27)26(10-6-2)21(25)28)23-16(24-19)8-7-13-11-14(22)18(30-4)15(12-13)29-3/h7-8,11-12H,5-6,9-10H2,1-4H3,(H,23,24)/b8-7+. The number of aromatic nitrogens is 4. The molecule has 0 aliphatic carbocycles. The lowest BCUT2D eigenvalue weighted by Gasteiger charge is -2.10. The number of halogens is 1. The van der Waals surface area contributed by atoms with Gasteiger partial charge in [0.1, 0.15) is 11.3 Å². The lowest BCUT2D eigenvalue weighted by Crippen LogP contribution is -2.40. The lowest BCUT2D eigenvalue weighted by molar-refractivity contribution is 0.353. The van der Waals surface area contributed by atoms with E-state index < -0.39 is 0 Å². The molecule has 2 aromatic heterocycles. The van der Waals surface area contributed by atoms with Gasteiger partial charge in [-0.3, -0.25) is 13.9 Å². The molecule has 0 saturated heterocycles. The van der Waals surface area contributed by atoms with Gasteiger partial charge in [-0.25, -0.2) is 9.78 Å². The molecule has 0 aliphatic heterocycles. The molecule has 0 fully saturated rings. The molecule has 2 heterocycles. The smallest absolute Gasteiger partial charge is 0.332 e. The summed E-state index contributed by atoms with van der Waals surface area (Å²) in [4.78, 5) is 33.1. The summed E-state index contributed by atoms with van der Waals surface area (Å²) in [6.07, 6.45) is 5.06. The third-order valence-corrected chi connectivity index (χ3v) is 5.25. The van der Waals surface area contributed by atoms with E-state index in [4.69, 9.17) is 9.47 Å². The first-order chi connectivity index (χ1) is 14.4. The third kappa shape index (κ3) is 4.07. The van der Waals surface area contributed by atoms with Gasteiger partial charge < -0.3 is 14.5 Å². The number of methoxy groups -OCH3 is 2. The normalized spacial score (nSPS) is 11.5. The number of benzene rings is 1. The second-order valence-electron chi connectivity index (χ2n) is 6.78. The number of H-pyrrole nitrogens is 1. The molecule has 0 aliphatic rings. The van der Waals surface area contributed by atoms with E-state index in [1.165, 1.54) is 4.57 Å². The van der Waals surface area contributed by atoms with E-state index in [1.807, 2.05) is 32.1 Å². The maximum absolute atomic E-state index is 12.8. The molecule has 0 radical (unpaired) electrons. The van der Waals surface area contributed by atoms with E-state index in [0.29, 0.717) is 48.0 Å². The van der Waals surface area contributed by atoms with Crippen LogP contribution in [0.15, 0.2) is 26.2 Å². The maximum Gasteiger partial charge on any atom is 0.332 e. The molecule has 0 unspecified atom stereocenters. The van der Waals surface area contributed by atoms with Crippen molar-refractivity contribution in [2.75, 3.05) is 14.2 Å². The summed E-state index contributed by atoms with van der Waals surface area (Å²) in [6.45, 7) is 4.79. The van der Waals surface area contributed by atoms with Crippen molar-refractivity contribution in [1.29, 1.82) is 0 Å². The van der Waals surface area contributed by atoms with Crippen molar-refractivity contribution in [2.24, 2.45) is 0 Å². The number of aryl methyl sites for hydroxylation is 1. The average Bonchev–Trinajstić information content (AvgIpc) is 3.16. The van der Waals surface area contributed by atoms with Crippen LogP contribution >= 0.6 is 15.9 Å². The topological polar surface area (TPSA) is 91.1 Å². The lowest BCUT2D eigenvalue weighted by atomic mass is 10.2. The van der Waals surface area contributed by atoms with Crippen LogP contribution in [0.2, 0.25) is 0 Å². The Morgan fingerprint density at radius 3 is 2.40 bits per heavy atom. The highest BCUT2D eigenvalue weighted by Crippen LogP contribution is 2.36. The molecule has 3 rings (SSSR count). The van der Waals surface area contributed by atoms with Gasteiger partial charge in [0.15, 0.2) is 17.1 Å². The highest BCUT2D eigenvalue weighted by atomic mass is 79.9. The Kier molecular flexibility index (Phi) is 6.81. The van der Waals surface area contributed by atoms with Gasteiger partial charge in [0.25, 0.3) is 5.56 Å². The van der Waals surface area contributed by atoms with Crippen LogP contribution in [0.4, 0.5) is 0 Å². The van der Waals surface area contributed by atoms with Gasteiger partial charge in [-0.2, -0.15) is 0 Å². The second kappa shape index (κ2) is 9.34. The molecule has 30 heavy (non-hydrogen) atoms. The number of nitrogens with one attached hydrogen (secondary N) is 1. The van der Waals surface area contributed by atoms with Crippen molar-refractivity contribution in [3.63, 3.8) is 0 Å². The molecular weight excluding hydrogens is 452 g/mol. The Bertz CT molecular complexity index is 1210. The van der Waals surface area contributed by atoms with Crippen LogP contribution in [0.3, 0.4) is 0 Å². The Labute approximate surface area is 182 Å². The van der Waals surface area contributed by atoms with Crippen LogP contribution < -0.4 is 20.7 Å². The largest absolute Gasteiger partial charge is 0.493 e. The molecular formula is C21H25BrN4O4. The number of hydrogen-bond acceptors (Lipinski definition) is 5. The minimum Gasteiger partial charge on any atom is -0.493 e. The molecule has 0 atom stereocenters. The van der Waals surface area contributed by atoms with Gasteiger partial charge in [-0.05, 0) is 52.5 Å². The van der Waals surface area contributed by atoms with Crippen LogP contribution in [0.25, 0.3) is 23.3 Å². The first-order valence-corrected chi connectivity index (χ1v) is 10.6. The van der Waals surface area contributed by atoms with Crippen LogP contribution in [-0.2, 0) is 13.1 Å². The number of rotatable bonds is 8. The van der Waals surface area contributed by atoms with E-state index in [1.54, 1.807) is 24.9 Å². The first-order valence-electron chi connectivity index (χ1n) is 9.78. The number of fused-ring (bicyclic) bond motifs is 1. The second-order valence-corrected chi connectivity index (χ2v) is 7.64. The zero-order valence-corrected chi connectivity index (χ0v) is 19.1. The van der Waals surface area contributed by atoms with Gasteiger partial charge >= 0.3 is 5.69 Å². The van der Waals surface area contributed by atoms with Crippen LogP contribution in [-0.4, -0.2) is 33.3 Å². The molecule has 0 spiro atoms. The molecule has 1 N–H and O–H groups in total. The maximum atomic E-state index is 12.8. The fraction of sp³-hybridized carbons (Fsp3) is 0.381. The Morgan fingerprint density at radius 1 is 1.07 bits per heavy atom. The molecule has 9 heteroatoms. The molecule has 3 aromatic rings. The highest BCUT2D eigenvalue weighted by molar-refractivity contribution is 9.10. The zero-order chi connectivity index (χ0) is 21.8. The summed E-state index contributed by atoms with van der Waals surface area (Å²) < 4.78 is 14.3. The average molecular weight is 477 g/mol. The van der Waals surface area contributed by atoms with Crippen molar-refractivity contribution >= 4 is 39.2 Å². The highest BCUT2D eigenvalue weighted by Gasteiger charge is 2.16. The fourth-order valence-electron chi connectivity index (χ4n) is 3.32. The predicted octanol–water partition coefficient (Wildman–Crippen LogP) is 3.66. The Hall–Kier alpha value is -2.81. The van der Waals surface area contributed by atoms with Crippen LogP contribution in [0, 0.1) is 0 Å². The number of imidazole rings is 1. The summed E-state index contributed by atoms with van der Waals surface area (Å²) in [5, 5.41) is 0. The third-order valence-electron chi connectivity index (χ3n) is 4.66. The quantitative estimate of drug-likeness (QED) is 0.535. The number of ether oxygens (including phenoxy) is 2. The molecule has 0 bridgehead atoms. The van der Waals surface area contributed by atoms with Crippen molar-refractivity contribution in [1.82, 2.24) is 19.1 Å². The SMILES string of the molecule is CCCn1c(=O)c2[nH]c(/C=C/c3cc(Br)c(OC)c(OC)c3)nc2n(CCC)c1=O. The van der Waals surface area contributed by atoms with Gasteiger partial charge in [0.05, 0.1) is 18.7 Å². The Morgan fingerprint density at radius 2 is 1.77 bits per heavy atom. The fourth-order valence-corrected chi connectivity index (χ4v) is 3.94. The summed E-state index contributed by atoms with van der Waals surface area (Å²) in [5.74, 6) is 1.69. The van der Waals surface area contributed by atoms with Crippen LogP contribution in [0.5, 0.6) is 11.5 Å². The van der Waals surface area contributed by atoms with Gasteiger partial charge in [-0.15, -0.1) is 0 Å². The van der Waals surface area contributed by atoms with Crippen molar-refractivity contribution in [2.45, 2.75) is 39.8 Å². The van der Waals surface area contributed by atoms with Gasteiger partial charge in [0, 0.05) is 13.1 Å². The van der Waals surface area contributed by atoms with Crippen molar-refractivity contribution < 1.29 is 9.47 Å². The summed E-state index contributed by atoms with van der Waals surface area (Å²) in [5.41, 5.74) is 0.915. The van der Waals surface area contributed by atoms with E-state index >= 15 is 0 Å². The predicted molar refractivity (Wildman–Crippen MR) is 121 cm³/mol. The minimum absolute atomic E-state index is 0.318. The van der Waals surface area contributed by atoms with E-state index in [0.717, 1.165) is 16.5 Å².